The summed E-state index contributed by atoms with van der Waals surface area (Å²) in [5, 5.41) is 7.80. The number of carbonyl (C=O) groups is 1. The van der Waals surface area contributed by atoms with Gasteiger partial charge in [0.1, 0.15) is 5.56 Å². The highest BCUT2D eigenvalue weighted by Crippen LogP contribution is 2.34. The Kier molecular flexibility index (Phi) is 4.60. The first-order valence-electron chi connectivity index (χ1n) is 7.83. The smallest absolute Gasteiger partial charge is 0.261 e. The number of aromatic nitrogens is 3. The number of hydrogen-bond donors (Lipinski definition) is 1. The average Bonchev–Trinajstić information content (AvgIpc) is 3.09. The van der Waals surface area contributed by atoms with Crippen molar-refractivity contribution in [1.29, 1.82) is 0 Å². The maximum atomic E-state index is 12.7. The lowest BCUT2D eigenvalue weighted by Gasteiger charge is -2.10. The van der Waals surface area contributed by atoms with Crippen molar-refractivity contribution in [2.75, 3.05) is 5.32 Å². The highest BCUT2D eigenvalue weighted by Gasteiger charge is 2.15. The molecule has 1 N–H and O–H groups in total. The lowest BCUT2D eigenvalue weighted by Crippen LogP contribution is -2.12. The Morgan fingerprint density at radius 1 is 1.08 bits per heavy atom. The molecule has 4 rings (SSSR count). The number of rotatable bonds is 4. The summed E-state index contributed by atoms with van der Waals surface area (Å²) in [6, 6.07) is 17.0. The van der Waals surface area contributed by atoms with Crippen molar-refractivity contribution in [3.05, 3.63) is 83.8 Å². The summed E-state index contributed by atoms with van der Waals surface area (Å²) in [5.41, 5.74) is 1.68. The Balaban J connectivity index is 1.60. The monoisotopic (exact) mass is 380 g/mol. The van der Waals surface area contributed by atoms with Crippen LogP contribution in [0.3, 0.4) is 0 Å². The summed E-state index contributed by atoms with van der Waals surface area (Å²) in [6.45, 7) is 0. The molecule has 0 spiro atoms. The second-order valence-corrected chi connectivity index (χ2v) is 7.00. The van der Waals surface area contributed by atoms with E-state index in [1.165, 1.54) is 6.20 Å². The van der Waals surface area contributed by atoms with Gasteiger partial charge >= 0.3 is 0 Å². The van der Waals surface area contributed by atoms with Crippen LogP contribution in [0.1, 0.15) is 10.4 Å². The van der Waals surface area contributed by atoms with E-state index in [0.29, 0.717) is 16.2 Å². The normalized spacial score (nSPS) is 10.8. The van der Waals surface area contributed by atoms with Crippen molar-refractivity contribution in [1.82, 2.24) is 14.6 Å². The zero-order valence-corrected chi connectivity index (χ0v) is 15.0. The minimum absolute atomic E-state index is 0.247. The van der Waals surface area contributed by atoms with Gasteiger partial charge in [0.25, 0.3) is 5.91 Å². The van der Waals surface area contributed by atoms with Crippen LogP contribution < -0.4 is 5.32 Å². The largest absolute Gasteiger partial charge is 0.321 e. The molecule has 0 atom stereocenters. The van der Waals surface area contributed by atoms with E-state index in [1.807, 2.05) is 48.5 Å². The van der Waals surface area contributed by atoms with E-state index in [-0.39, 0.29) is 5.91 Å². The van der Waals surface area contributed by atoms with Crippen molar-refractivity contribution in [2.24, 2.45) is 0 Å². The van der Waals surface area contributed by atoms with Gasteiger partial charge < -0.3 is 5.32 Å². The molecule has 0 bridgehead atoms. The van der Waals surface area contributed by atoms with Crippen LogP contribution in [0, 0.1) is 0 Å². The number of hydrogen-bond acceptors (Lipinski definition) is 4. The van der Waals surface area contributed by atoms with Crippen molar-refractivity contribution < 1.29 is 4.79 Å². The number of halogens is 1. The Morgan fingerprint density at radius 3 is 2.73 bits per heavy atom. The van der Waals surface area contributed by atoms with Crippen molar-refractivity contribution in [3.8, 4) is 0 Å². The van der Waals surface area contributed by atoms with Gasteiger partial charge in [0.2, 0.25) is 0 Å². The van der Waals surface area contributed by atoms with E-state index in [0.717, 1.165) is 15.5 Å². The van der Waals surface area contributed by atoms with Crippen LogP contribution in [-0.2, 0) is 0 Å². The second-order valence-electron chi connectivity index (χ2n) is 5.45. The molecule has 0 aliphatic heterocycles. The Hall–Kier alpha value is -2.83. The molecule has 4 aromatic rings. The van der Waals surface area contributed by atoms with Gasteiger partial charge in [0.15, 0.2) is 5.65 Å². The maximum Gasteiger partial charge on any atom is 0.261 e. The third kappa shape index (κ3) is 3.42. The number of nitrogens with one attached hydrogen (secondary N) is 1. The van der Waals surface area contributed by atoms with E-state index >= 15 is 0 Å². The van der Waals surface area contributed by atoms with E-state index in [4.69, 9.17) is 11.6 Å². The Bertz CT molecular complexity index is 1080. The standard InChI is InChI=1S/C19H13ClN4OS/c20-13-6-8-14(9-7-13)26-17-5-2-1-4-16(17)23-19(25)15-12-22-24-11-3-10-21-18(15)24/h1-12H,(H,23,25). The molecule has 1 amide bonds. The van der Waals surface area contributed by atoms with Gasteiger partial charge in [-0.1, -0.05) is 35.5 Å². The Morgan fingerprint density at radius 2 is 1.88 bits per heavy atom. The van der Waals surface area contributed by atoms with Gasteiger partial charge in [-0.05, 0) is 42.5 Å². The van der Waals surface area contributed by atoms with Crippen LogP contribution >= 0.6 is 23.4 Å². The lowest BCUT2D eigenvalue weighted by atomic mass is 10.2. The molecule has 0 aliphatic rings. The fraction of sp³-hybridized carbons (Fsp3) is 0. The summed E-state index contributed by atoms with van der Waals surface area (Å²) in [5.74, 6) is -0.247. The zero-order valence-electron chi connectivity index (χ0n) is 13.5. The molecule has 2 heterocycles. The molecule has 26 heavy (non-hydrogen) atoms. The molecule has 5 nitrogen and oxygen atoms in total. The van der Waals surface area contributed by atoms with E-state index in [1.54, 1.807) is 34.7 Å². The minimum Gasteiger partial charge on any atom is -0.321 e. The van der Waals surface area contributed by atoms with Crippen LogP contribution in [0.15, 0.2) is 83.0 Å². The van der Waals surface area contributed by atoms with Gasteiger partial charge in [-0.15, -0.1) is 0 Å². The SMILES string of the molecule is O=C(Nc1ccccc1Sc1ccc(Cl)cc1)c1cnn2cccnc12. The number of carbonyl (C=O) groups excluding carboxylic acids is 1. The van der Waals surface area contributed by atoms with Gasteiger partial charge in [-0.3, -0.25) is 4.79 Å². The van der Waals surface area contributed by atoms with E-state index in [9.17, 15) is 4.79 Å². The van der Waals surface area contributed by atoms with Crippen molar-refractivity contribution >= 4 is 40.6 Å². The molecular formula is C19H13ClN4OS. The molecule has 0 unspecified atom stereocenters. The highest BCUT2D eigenvalue weighted by atomic mass is 35.5. The molecule has 2 aromatic carbocycles. The molecule has 2 aromatic heterocycles. The lowest BCUT2D eigenvalue weighted by molar-refractivity contribution is 0.102. The Labute approximate surface area is 159 Å². The molecule has 0 fully saturated rings. The summed E-state index contributed by atoms with van der Waals surface area (Å²) in [4.78, 5) is 18.9. The maximum absolute atomic E-state index is 12.7. The average molecular weight is 381 g/mol. The first kappa shape index (κ1) is 16.6. The van der Waals surface area contributed by atoms with Crippen molar-refractivity contribution in [2.45, 2.75) is 9.79 Å². The molecule has 0 radical (unpaired) electrons. The van der Waals surface area contributed by atoms with Gasteiger partial charge in [-0.25, -0.2) is 9.50 Å². The van der Waals surface area contributed by atoms with Crippen LogP contribution in [0.25, 0.3) is 5.65 Å². The summed E-state index contributed by atoms with van der Waals surface area (Å²) in [7, 11) is 0. The third-order valence-corrected chi connectivity index (χ3v) is 5.04. The number of fused-ring (bicyclic) bond motifs is 1. The summed E-state index contributed by atoms with van der Waals surface area (Å²) >= 11 is 7.50. The predicted octanol–water partition coefficient (Wildman–Crippen LogP) is 4.79. The number of amides is 1. The van der Waals surface area contributed by atoms with Crippen molar-refractivity contribution in [3.63, 3.8) is 0 Å². The molecular weight excluding hydrogens is 368 g/mol. The summed E-state index contributed by atoms with van der Waals surface area (Å²) in [6.07, 6.45) is 4.91. The fourth-order valence-electron chi connectivity index (χ4n) is 2.47. The quantitative estimate of drug-likeness (QED) is 0.553. The first-order chi connectivity index (χ1) is 12.7. The number of anilines is 1. The highest BCUT2D eigenvalue weighted by molar-refractivity contribution is 7.99. The zero-order chi connectivity index (χ0) is 17.9. The molecule has 7 heteroatoms. The van der Waals surface area contributed by atoms with Gasteiger partial charge in [0.05, 0.1) is 11.9 Å². The summed E-state index contributed by atoms with van der Waals surface area (Å²) < 4.78 is 1.57. The van der Waals surface area contributed by atoms with Crippen LogP contribution in [0.5, 0.6) is 0 Å². The molecule has 128 valence electrons. The molecule has 0 aliphatic carbocycles. The van der Waals surface area contributed by atoms with Crippen LogP contribution in [0.2, 0.25) is 5.02 Å². The van der Waals surface area contributed by atoms with Crippen LogP contribution in [0.4, 0.5) is 5.69 Å². The third-order valence-electron chi connectivity index (χ3n) is 3.70. The fourth-order valence-corrected chi connectivity index (χ4v) is 3.49. The molecule has 0 saturated heterocycles. The topological polar surface area (TPSA) is 59.3 Å². The number of nitrogens with zero attached hydrogens (tertiary/aromatic N) is 3. The van der Waals surface area contributed by atoms with Gasteiger partial charge in [0, 0.05) is 27.2 Å². The number of para-hydroxylation sites is 1. The van der Waals surface area contributed by atoms with E-state index in [2.05, 4.69) is 15.4 Å². The molecule has 0 saturated carbocycles. The van der Waals surface area contributed by atoms with E-state index < -0.39 is 0 Å². The van der Waals surface area contributed by atoms with Gasteiger partial charge in [-0.2, -0.15) is 5.10 Å². The minimum atomic E-state index is -0.247. The van der Waals surface area contributed by atoms with Crippen LogP contribution in [-0.4, -0.2) is 20.5 Å². The first-order valence-corrected chi connectivity index (χ1v) is 9.02. The predicted molar refractivity (Wildman–Crippen MR) is 103 cm³/mol. The second kappa shape index (κ2) is 7.19. The number of benzene rings is 2.